The Hall–Kier alpha value is -1.63. The molecule has 1 aliphatic rings. The molecule has 0 spiro atoms. The molecule has 7 heteroatoms. The van der Waals surface area contributed by atoms with Crippen LogP contribution < -0.4 is 10.6 Å². The Morgan fingerprint density at radius 2 is 2.22 bits per heavy atom. The molecule has 1 saturated heterocycles. The molecule has 2 rings (SSSR count). The second-order valence-electron chi connectivity index (χ2n) is 5.01. The van der Waals surface area contributed by atoms with Crippen LogP contribution in [0, 0.1) is 23.0 Å². The predicted molar refractivity (Wildman–Crippen MR) is 68.6 cm³/mol. The molecular weight excluding hydrogens is 234 g/mol. The lowest BCUT2D eigenvalue weighted by Crippen LogP contribution is -2.48. The Morgan fingerprint density at radius 1 is 1.56 bits per heavy atom. The number of anilines is 1. The van der Waals surface area contributed by atoms with Gasteiger partial charge in [-0.2, -0.15) is 5.10 Å². The highest BCUT2D eigenvalue weighted by Gasteiger charge is 2.32. The summed E-state index contributed by atoms with van der Waals surface area (Å²) in [6.45, 7) is 5.20. The van der Waals surface area contributed by atoms with Crippen LogP contribution >= 0.6 is 0 Å². The molecule has 2 unspecified atom stereocenters. The fourth-order valence-corrected chi connectivity index (χ4v) is 2.49. The van der Waals surface area contributed by atoms with Crippen molar-refractivity contribution in [3.63, 3.8) is 0 Å². The molecule has 1 aromatic rings. The van der Waals surface area contributed by atoms with Gasteiger partial charge in [-0.25, -0.2) is 4.68 Å². The number of nitro groups is 1. The maximum atomic E-state index is 11.1. The third kappa shape index (κ3) is 2.05. The second-order valence-corrected chi connectivity index (χ2v) is 5.01. The maximum Gasteiger partial charge on any atom is 0.333 e. The Bertz CT molecular complexity index is 470. The minimum atomic E-state index is -0.360. The van der Waals surface area contributed by atoms with Crippen molar-refractivity contribution in [2.75, 3.05) is 18.0 Å². The first-order chi connectivity index (χ1) is 8.41. The van der Waals surface area contributed by atoms with E-state index in [9.17, 15) is 10.1 Å². The fraction of sp³-hybridized carbons (Fsp3) is 0.727. The van der Waals surface area contributed by atoms with E-state index < -0.39 is 0 Å². The first-order valence-electron chi connectivity index (χ1n) is 6.10. The van der Waals surface area contributed by atoms with Crippen LogP contribution in [0.15, 0.2) is 0 Å². The van der Waals surface area contributed by atoms with Crippen molar-refractivity contribution in [2.24, 2.45) is 18.7 Å². The molecule has 1 aromatic heterocycles. The van der Waals surface area contributed by atoms with Gasteiger partial charge in [0.1, 0.15) is 5.69 Å². The van der Waals surface area contributed by atoms with Crippen LogP contribution in [0.3, 0.4) is 0 Å². The highest BCUT2D eigenvalue weighted by atomic mass is 16.6. The predicted octanol–water partition coefficient (Wildman–Crippen LogP) is 0.810. The van der Waals surface area contributed by atoms with E-state index >= 15 is 0 Å². The number of piperidine rings is 1. The lowest BCUT2D eigenvalue weighted by atomic mass is 9.94. The van der Waals surface area contributed by atoms with Crippen molar-refractivity contribution < 1.29 is 4.92 Å². The first kappa shape index (κ1) is 12.8. The normalized spacial score (nSPS) is 24.3. The summed E-state index contributed by atoms with van der Waals surface area (Å²) in [6, 6.07) is 0.0496. The quantitative estimate of drug-likeness (QED) is 0.622. The lowest BCUT2D eigenvalue weighted by molar-refractivity contribution is -0.384. The average Bonchev–Trinajstić information content (AvgIpc) is 2.57. The monoisotopic (exact) mass is 253 g/mol. The molecule has 100 valence electrons. The van der Waals surface area contributed by atoms with Crippen molar-refractivity contribution in [3.8, 4) is 0 Å². The SMILES string of the molecule is Cc1nn(C)c(N2CCC(C)C(N)C2)c1[N+](=O)[O-]. The summed E-state index contributed by atoms with van der Waals surface area (Å²) in [7, 11) is 1.74. The van der Waals surface area contributed by atoms with Crippen LogP contribution in [-0.2, 0) is 7.05 Å². The molecule has 18 heavy (non-hydrogen) atoms. The standard InChI is InChI=1S/C11H19N5O2/c1-7-4-5-15(6-9(7)12)11-10(16(17)18)8(2)13-14(11)3/h7,9H,4-6,12H2,1-3H3. The molecule has 0 bridgehead atoms. The van der Waals surface area contributed by atoms with Crippen molar-refractivity contribution in [3.05, 3.63) is 15.8 Å². The van der Waals surface area contributed by atoms with Crippen molar-refractivity contribution in [1.29, 1.82) is 0 Å². The molecule has 1 aliphatic heterocycles. The van der Waals surface area contributed by atoms with Crippen LogP contribution in [0.5, 0.6) is 0 Å². The van der Waals surface area contributed by atoms with E-state index in [0.29, 0.717) is 24.0 Å². The Kier molecular flexibility index (Phi) is 3.25. The van der Waals surface area contributed by atoms with E-state index in [1.807, 2.05) is 4.90 Å². The van der Waals surface area contributed by atoms with Crippen molar-refractivity contribution >= 4 is 11.5 Å². The third-order valence-electron chi connectivity index (χ3n) is 3.66. The average molecular weight is 253 g/mol. The van der Waals surface area contributed by atoms with E-state index in [1.54, 1.807) is 18.7 Å². The molecule has 2 heterocycles. The molecule has 0 saturated carbocycles. The van der Waals surface area contributed by atoms with E-state index in [2.05, 4.69) is 12.0 Å². The molecule has 0 amide bonds. The minimum absolute atomic E-state index is 0.0496. The number of hydrogen-bond donors (Lipinski definition) is 1. The summed E-state index contributed by atoms with van der Waals surface area (Å²) in [5, 5.41) is 15.3. The lowest BCUT2D eigenvalue weighted by Gasteiger charge is -2.35. The Morgan fingerprint density at radius 3 is 2.78 bits per heavy atom. The van der Waals surface area contributed by atoms with Crippen molar-refractivity contribution in [1.82, 2.24) is 9.78 Å². The van der Waals surface area contributed by atoms with Crippen LogP contribution in [0.4, 0.5) is 11.5 Å². The maximum absolute atomic E-state index is 11.1. The largest absolute Gasteiger partial charge is 0.350 e. The molecular formula is C11H19N5O2. The minimum Gasteiger partial charge on any atom is -0.350 e. The molecule has 1 fully saturated rings. The zero-order valence-electron chi connectivity index (χ0n) is 11.0. The number of nitrogens with two attached hydrogens (primary N) is 1. The second kappa shape index (κ2) is 4.56. The number of rotatable bonds is 2. The smallest absolute Gasteiger partial charge is 0.333 e. The van der Waals surface area contributed by atoms with Gasteiger partial charge in [-0.05, 0) is 19.3 Å². The zero-order valence-corrected chi connectivity index (χ0v) is 11.0. The van der Waals surface area contributed by atoms with Gasteiger partial charge < -0.3 is 10.6 Å². The summed E-state index contributed by atoms with van der Waals surface area (Å²) in [4.78, 5) is 12.8. The van der Waals surface area contributed by atoms with E-state index in [4.69, 9.17) is 5.73 Å². The van der Waals surface area contributed by atoms with Gasteiger partial charge in [0, 0.05) is 26.2 Å². The van der Waals surface area contributed by atoms with Gasteiger partial charge in [0.05, 0.1) is 4.92 Å². The van der Waals surface area contributed by atoms with Gasteiger partial charge >= 0.3 is 5.69 Å². The zero-order chi connectivity index (χ0) is 13.4. The van der Waals surface area contributed by atoms with Crippen LogP contribution in [0.2, 0.25) is 0 Å². The van der Waals surface area contributed by atoms with Crippen LogP contribution in [0.1, 0.15) is 19.0 Å². The fourth-order valence-electron chi connectivity index (χ4n) is 2.49. The summed E-state index contributed by atoms with van der Waals surface area (Å²) in [5.74, 6) is 1.02. The van der Waals surface area contributed by atoms with E-state index in [0.717, 1.165) is 13.0 Å². The molecule has 0 radical (unpaired) electrons. The summed E-state index contributed by atoms with van der Waals surface area (Å²) in [6.07, 6.45) is 0.947. The van der Waals surface area contributed by atoms with Crippen molar-refractivity contribution in [2.45, 2.75) is 26.3 Å². The number of aromatic nitrogens is 2. The summed E-state index contributed by atoms with van der Waals surface area (Å²) < 4.78 is 1.58. The first-order valence-corrected chi connectivity index (χ1v) is 6.10. The van der Waals surface area contributed by atoms with E-state index in [-0.39, 0.29) is 16.7 Å². The highest BCUT2D eigenvalue weighted by molar-refractivity contribution is 5.61. The number of nitrogens with zero attached hydrogens (tertiary/aromatic N) is 4. The van der Waals surface area contributed by atoms with Gasteiger partial charge in [-0.3, -0.25) is 10.1 Å². The van der Waals surface area contributed by atoms with Crippen LogP contribution in [-0.4, -0.2) is 33.8 Å². The Labute approximate surface area is 106 Å². The third-order valence-corrected chi connectivity index (χ3v) is 3.66. The number of aryl methyl sites for hydroxylation is 2. The van der Waals surface area contributed by atoms with Gasteiger partial charge in [0.2, 0.25) is 5.82 Å². The van der Waals surface area contributed by atoms with E-state index in [1.165, 1.54) is 0 Å². The summed E-state index contributed by atoms with van der Waals surface area (Å²) in [5.41, 5.74) is 6.59. The molecule has 0 aromatic carbocycles. The molecule has 2 atom stereocenters. The summed E-state index contributed by atoms with van der Waals surface area (Å²) >= 11 is 0. The van der Waals surface area contributed by atoms with Crippen LogP contribution in [0.25, 0.3) is 0 Å². The van der Waals surface area contributed by atoms with Gasteiger partial charge in [0.15, 0.2) is 0 Å². The molecule has 7 nitrogen and oxygen atoms in total. The Balaban J connectivity index is 2.36. The van der Waals surface area contributed by atoms with Gasteiger partial charge in [0.25, 0.3) is 0 Å². The van der Waals surface area contributed by atoms with Gasteiger partial charge in [-0.15, -0.1) is 0 Å². The van der Waals surface area contributed by atoms with Gasteiger partial charge in [-0.1, -0.05) is 6.92 Å². The highest BCUT2D eigenvalue weighted by Crippen LogP contribution is 2.33. The topological polar surface area (TPSA) is 90.2 Å². The number of hydrogen-bond acceptors (Lipinski definition) is 5. The molecule has 0 aliphatic carbocycles. The molecule has 2 N–H and O–H groups in total.